The van der Waals surface area contributed by atoms with Gasteiger partial charge in [-0.2, -0.15) is 0 Å². The Bertz CT molecular complexity index is 1260. The number of carbonyl (C=O) groups excluding carboxylic acids is 2. The van der Waals surface area contributed by atoms with E-state index in [1.54, 1.807) is 4.90 Å². The van der Waals surface area contributed by atoms with E-state index in [9.17, 15) is 9.59 Å². The molecule has 1 N–H and O–H groups in total. The minimum absolute atomic E-state index is 0.0214. The first-order valence-corrected chi connectivity index (χ1v) is 12.0. The molecule has 5 rings (SSSR count). The number of nitrogens with zero attached hydrogens (tertiary/aromatic N) is 2. The molecule has 1 aliphatic rings. The highest BCUT2D eigenvalue weighted by atomic mass is 32.1. The smallest absolute Gasteiger partial charge is 0.251 e. The summed E-state index contributed by atoms with van der Waals surface area (Å²) in [6.45, 7) is 1.48. The number of carbonyl (C=O) groups is 2. The monoisotopic (exact) mass is 459 g/mol. The Morgan fingerprint density at radius 3 is 2.70 bits per heavy atom. The van der Waals surface area contributed by atoms with Gasteiger partial charge in [0.15, 0.2) is 5.13 Å². The number of anilines is 1. The lowest BCUT2D eigenvalue weighted by Crippen LogP contribution is -2.39. The molecule has 0 spiro atoms. The largest absolute Gasteiger partial charge is 0.376 e. The molecule has 4 aromatic rings. The lowest BCUT2D eigenvalue weighted by Gasteiger charge is -2.23. The van der Waals surface area contributed by atoms with Gasteiger partial charge >= 0.3 is 0 Å². The number of amides is 2. The van der Waals surface area contributed by atoms with Crippen molar-refractivity contribution in [1.29, 1.82) is 0 Å². The number of thiazole rings is 1. The number of benzene rings is 3. The molecule has 1 unspecified atom stereocenters. The molecule has 0 bridgehead atoms. The fourth-order valence-corrected chi connectivity index (χ4v) is 5.10. The molecule has 0 radical (unpaired) electrons. The maximum atomic E-state index is 13.2. The average Bonchev–Trinajstić information content (AvgIpc) is 3.51. The molecule has 7 heteroatoms. The first-order chi connectivity index (χ1) is 16.2. The molecule has 0 aliphatic carbocycles. The summed E-state index contributed by atoms with van der Waals surface area (Å²) in [7, 11) is 0. The number of rotatable bonds is 7. The van der Waals surface area contributed by atoms with Crippen LogP contribution in [-0.2, 0) is 9.53 Å². The molecular weight excluding hydrogens is 434 g/mol. The third kappa shape index (κ3) is 4.89. The predicted molar refractivity (Wildman–Crippen MR) is 132 cm³/mol. The summed E-state index contributed by atoms with van der Waals surface area (Å²) in [5.41, 5.74) is 1.47. The molecule has 1 aliphatic heterocycles. The van der Waals surface area contributed by atoms with Crippen LogP contribution in [0.25, 0.3) is 21.0 Å². The van der Waals surface area contributed by atoms with E-state index in [1.807, 2.05) is 66.7 Å². The van der Waals surface area contributed by atoms with Crippen LogP contribution in [0.3, 0.4) is 0 Å². The van der Waals surface area contributed by atoms with Crippen LogP contribution in [0.2, 0.25) is 0 Å². The SMILES string of the molecule is O=C(NCCC(=O)N(CC1CCCO1)c1nc2ccccc2s1)c1ccc2ccccc2c1. The van der Waals surface area contributed by atoms with E-state index in [4.69, 9.17) is 4.74 Å². The Labute approximate surface area is 196 Å². The van der Waals surface area contributed by atoms with Crippen LogP contribution < -0.4 is 10.2 Å². The zero-order chi connectivity index (χ0) is 22.6. The van der Waals surface area contributed by atoms with Crippen molar-refractivity contribution in [2.45, 2.75) is 25.4 Å². The molecule has 2 heterocycles. The van der Waals surface area contributed by atoms with E-state index in [0.29, 0.717) is 17.2 Å². The Kier molecular flexibility index (Phi) is 6.32. The lowest BCUT2D eigenvalue weighted by atomic mass is 10.1. The minimum atomic E-state index is -0.181. The number of nitrogens with one attached hydrogen (secondary N) is 1. The van der Waals surface area contributed by atoms with Gasteiger partial charge in [0, 0.05) is 25.1 Å². The fourth-order valence-electron chi connectivity index (χ4n) is 4.10. The minimum Gasteiger partial charge on any atom is -0.376 e. The summed E-state index contributed by atoms with van der Waals surface area (Å²) in [5, 5.41) is 5.67. The first kappa shape index (κ1) is 21.6. The molecule has 33 heavy (non-hydrogen) atoms. The van der Waals surface area contributed by atoms with Gasteiger partial charge in [-0.25, -0.2) is 4.98 Å². The van der Waals surface area contributed by atoms with Gasteiger partial charge in [-0.15, -0.1) is 0 Å². The van der Waals surface area contributed by atoms with Gasteiger partial charge in [-0.05, 0) is 47.9 Å². The van der Waals surface area contributed by atoms with Crippen molar-refractivity contribution in [2.24, 2.45) is 0 Å². The molecule has 0 saturated carbocycles. The van der Waals surface area contributed by atoms with E-state index in [0.717, 1.165) is 40.4 Å². The van der Waals surface area contributed by atoms with Gasteiger partial charge in [0.2, 0.25) is 5.91 Å². The Balaban J connectivity index is 1.26. The number of ether oxygens (including phenoxy) is 1. The van der Waals surface area contributed by atoms with Crippen LogP contribution in [0.1, 0.15) is 29.6 Å². The summed E-state index contributed by atoms with van der Waals surface area (Å²) in [6, 6.07) is 21.4. The summed E-state index contributed by atoms with van der Waals surface area (Å²) in [6.07, 6.45) is 2.16. The van der Waals surface area contributed by atoms with E-state index in [1.165, 1.54) is 11.3 Å². The topological polar surface area (TPSA) is 71.5 Å². The third-order valence-electron chi connectivity index (χ3n) is 5.86. The summed E-state index contributed by atoms with van der Waals surface area (Å²) in [5.74, 6) is -0.248. The van der Waals surface area contributed by atoms with E-state index in [2.05, 4.69) is 10.3 Å². The second-order valence-corrected chi connectivity index (χ2v) is 9.18. The van der Waals surface area contributed by atoms with Gasteiger partial charge in [-0.1, -0.05) is 53.8 Å². The van der Waals surface area contributed by atoms with Gasteiger partial charge in [0.1, 0.15) is 0 Å². The van der Waals surface area contributed by atoms with Crippen molar-refractivity contribution in [2.75, 3.05) is 24.6 Å². The van der Waals surface area contributed by atoms with Gasteiger partial charge in [0.25, 0.3) is 5.91 Å². The third-order valence-corrected chi connectivity index (χ3v) is 6.92. The van der Waals surface area contributed by atoms with Crippen LogP contribution in [-0.4, -0.2) is 42.6 Å². The van der Waals surface area contributed by atoms with Crippen LogP contribution in [0.15, 0.2) is 66.7 Å². The maximum Gasteiger partial charge on any atom is 0.251 e. The summed E-state index contributed by atoms with van der Waals surface area (Å²) < 4.78 is 6.82. The zero-order valence-electron chi connectivity index (χ0n) is 18.2. The highest BCUT2D eigenvalue weighted by Crippen LogP contribution is 2.30. The van der Waals surface area contributed by atoms with Crippen molar-refractivity contribution in [3.05, 3.63) is 72.3 Å². The Hall–Kier alpha value is -3.29. The first-order valence-electron chi connectivity index (χ1n) is 11.2. The van der Waals surface area contributed by atoms with Crippen molar-refractivity contribution in [1.82, 2.24) is 10.3 Å². The van der Waals surface area contributed by atoms with Crippen molar-refractivity contribution >= 4 is 49.3 Å². The van der Waals surface area contributed by atoms with E-state index >= 15 is 0 Å². The fraction of sp³-hybridized carbons (Fsp3) is 0.269. The number of aromatic nitrogens is 1. The van der Waals surface area contributed by atoms with Crippen molar-refractivity contribution in [3.63, 3.8) is 0 Å². The standard InChI is InChI=1S/C26H25N3O3S/c30-24(13-14-27-25(31)20-12-11-18-6-1-2-7-19(18)16-20)29(17-21-8-5-15-32-21)26-28-22-9-3-4-10-23(22)33-26/h1-4,6-7,9-12,16,21H,5,8,13-15,17H2,(H,27,31). The maximum absolute atomic E-state index is 13.2. The van der Waals surface area contributed by atoms with Crippen LogP contribution in [0.5, 0.6) is 0 Å². The second-order valence-electron chi connectivity index (χ2n) is 8.17. The van der Waals surface area contributed by atoms with Crippen LogP contribution in [0.4, 0.5) is 5.13 Å². The molecule has 1 saturated heterocycles. The number of hydrogen-bond acceptors (Lipinski definition) is 5. The van der Waals surface area contributed by atoms with Crippen LogP contribution in [0, 0.1) is 0 Å². The van der Waals surface area contributed by atoms with Gasteiger partial charge < -0.3 is 10.1 Å². The molecule has 1 aromatic heterocycles. The second kappa shape index (κ2) is 9.68. The quantitative estimate of drug-likeness (QED) is 0.432. The summed E-state index contributed by atoms with van der Waals surface area (Å²) in [4.78, 5) is 32.2. The Morgan fingerprint density at radius 1 is 1.06 bits per heavy atom. The molecule has 3 aromatic carbocycles. The molecule has 6 nitrogen and oxygen atoms in total. The lowest BCUT2D eigenvalue weighted by molar-refractivity contribution is -0.118. The number of para-hydroxylation sites is 1. The zero-order valence-corrected chi connectivity index (χ0v) is 19.0. The van der Waals surface area contributed by atoms with Crippen molar-refractivity contribution in [3.8, 4) is 0 Å². The highest BCUT2D eigenvalue weighted by molar-refractivity contribution is 7.22. The normalized spacial score (nSPS) is 15.7. The predicted octanol–water partition coefficient (Wildman–Crippen LogP) is 4.78. The van der Waals surface area contributed by atoms with Gasteiger partial charge in [0.05, 0.1) is 22.9 Å². The van der Waals surface area contributed by atoms with Crippen LogP contribution >= 0.6 is 11.3 Å². The van der Waals surface area contributed by atoms with Crippen molar-refractivity contribution < 1.29 is 14.3 Å². The molecular formula is C26H25N3O3S. The molecule has 168 valence electrons. The highest BCUT2D eigenvalue weighted by Gasteiger charge is 2.26. The number of fused-ring (bicyclic) bond motifs is 2. The molecule has 1 atom stereocenters. The van der Waals surface area contributed by atoms with E-state index in [-0.39, 0.29) is 30.9 Å². The summed E-state index contributed by atoms with van der Waals surface area (Å²) >= 11 is 1.51. The Morgan fingerprint density at radius 2 is 1.88 bits per heavy atom. The average molecular weight is 460 g/mol. The van der Waals surface area contributed by atoms with E-state index < -0.39 is 0 Å². The number of hydrogen-bond donors (Lipinski definition) is 1. The van der Waals surface area contributed by atoms with Gasteiger partial charge in [-0.3, -0.25) is 14.5 Å². The molecule has 2 amide bonds. The molecule has 1 fully saturated rings.